The van der Waals surface area contributed by atoms with Crippen LogP contribution in [0.25, 0.3) is 11.0 Å². The number of benzene rings is 2. The van der Waals surface area contributed by atoms with Gasteiger partial charge >= 0.3 is 0 Å². The number of allylic oxidation sites excluding steroid dienone is 1. The van der Waals surface area contributed by atoms with Gasteiger partial charge in [0.05, 0.1) is 34.8 Å². The first-order chi connectivity index (χ1) is 29.1. The van der Waals surface area contributed by atoms with Gasteiger partial charge in [-0.25, -0.2) is 18.1 Å². The molecule has 4 aromatic rings. The molecule has 322 valence electrons. The van der Waals surface area contributed by atoms with E-state index in [-0.39, 0.29) is 27.3 Å². The highest BCUT2D eigenvalue weighted by Gasteiger charge is 2.69. The number of rotatable bonds is 13. The Morgan fingerprint density at radius 3 is 2.54 bits per heavy atom. The SMILES string of the molecule is CC1(C)CCC(CN2CCN(c3ccc(C(=O)NS(=O)(=O)c4ccc(NCC5CC6(COC6)C5)c([N+](=O)[O-])c4)c(Oc4cnc5[nH]ccc5c4)c3)CC2)=C(C23CC(Cl)(C2)C3)C1. The third kappa shape index (κ3) is 7.65. The van der Waals surface area contributed by atoms with Crippen LogP contribution >= 0.6 is 11.6 Å². The molecule has 4 saturated carbocycles. The number of nitrogens with one attached hydrogen (secondary N) is 3. The largest absolute Gasteiger partial charge is 0.455 e. The summed E-state index contributed by atoms with van der Waals surface area (Å²) in [5, 5.41) is 16.1. The van der Waals surface area contributed by atoms with Crippen molar-refractivity contribution in [2.24, 2.45) is 22.2 Å². The van der Waals surface area contributed by atoms with Gasteiger partial charge in [-0.2, -0.15) is 0 Å². The van der Waals surface area contributed by atoms with Crippen molar-refractivity contribution in [1.29, 1.82) is 0 Å². The fourth-order valence-electron chi connectivity index (χ4n) is 11.0. The van der Waals surface area contributed by atoms with E-state index in [4.69, 9.17) is 21.1 Å². The first-order valence-electron chi connectivity index (χ1n) is 21.4. The number of amides is 1. The molecule has 7 aliphatic rings. The zero-order valence-electron chi connectivity index (χ0n) is 34.6. The lowest BCUT2D eigenvalue weighted by Gasteiger charge is -2.70. The van der Waals surface area contributed by atoms with E-state index in [0.717, 1.165) is 108 Å². The lowest BCUT2D eigenvalue weighted by atomic mass is 9.39. The summed E-state index contributed by atoms with van der Waals surface area (Å²) in [7, 11) is -4.54. The van der Waals surface area contributed by atoms with Crippen LogP contribution in [-0.4, -0.2) is 91.5 Å². The molecule has 61 heavy (non-hydrogen) atoms. The first kappa shape index (κ1) is 40.4. The van der Waals surface area contributed by atoms with Crippen LogP contribution in [0.2, 0.25) is 0 Å². The first-order valence-corrected chi connectivity index (χ1v) is 23.2. The predicted molar refractivity (Wildman–Crippen MR) is 233 cm³/mol. The Labute approximate surface area is 360 Å². The lowest BCUT2D eigenvalue weighted by Crippen LogP contribution is -2.65. The molecular formula is C45H52ClN7O7S. The molecular weight excluding hydrogens is 818 g/mol. The maximum Gasteiger partial charge on any atom is 0.293 e. The number of nitro benzene ring substituents is 1. The van der Waals surface area contributed by atoms with E-state index in [1.54, 1.807) is 41.6 Å². The second-order valence-corrected chi connectivity index (χ2v) is 22.0. The number of piperazine rings is 1. The molecule has 2 aliphatic heterocycles. The highest BCUT2D eigenvalue weighted by Crippen LogP contribution is 2.75. The topological polar surface area (TPSA) is 172 Å². The normalized spacial score (nSPS) is 25.6. The second kappa shape index (κ2) is 14.7. The van der Waals surface area contributed by atoms with Gasteiger partial charge < -0.3 is 24.7 Å². The summed E-state index contributed by atoms with van der Waals surface area (Å²) in [6.45, 7) is 11.1. The van der Waals surface area contributed by atoms with Crippen molar-refractivity contribution >= 4 is 55.6 Å². The van der Waals surface area contributed by atoms with E-state index in [1.807, 2.05) is 6.07 Å². The summed E-state index contributed by atoms with van der Waals surface area (Å²) in [4.78, 5) is 37.3. The molecule has 11 rings (SSSR count). The van der Waals surface area contributed by atoms with Gasteiger partial charge in [0.1, 0.15) is 22.8 Å². The summed E-state index contributed by atoms with van der Waals surface area (Å²) in [6, 6.07) is 12.4. The quantitative estimate of drug-likeness (QED) is 0.0515. The number of nitrogens with zero attached hydrogens (tertiary/aromatic N) is 4. The zero-order chi connectivity index (χ0) is 42.4. The molecule has 2 aromatic carbocycles. The van der Waals surface area contributed by atoms with E-state index >= 15 is 0 Å². The minimum atomic E-state index is -4.54. The number of pyridine rings is 1. The molecule has 2 saturated heterocycles. The summed E-state index contributed by atoms with van der Waals surface area (Å²) >= 11 is 6.74. The summed E-state index contributed by atoms with van der Waals surface area (Å²) in [5.41, 5.74) is 5.51. The van der Waals surface area contributed by atoms with Crippen molar-refractivity contribution in [3.8, 4) is 11.5 Å². The van der Waals surface area contributed by atoms with Gasteiger partial charge in [0.25, 0.3) is 21.6 Å². The molecule has 16 heteroatoms. The van der Waals surface area contributed by atoms with Gasteiger partial charge in [-0.1, -0.05) is 25.0 Å². The van der Waals surface area contributed by atoms with E-state index in [2.05, 4.69) is 43.7 Å². The minimum absolute atomic E-state index is 0.0185. The van der Waals surface area contributed by atoms with Gasteiger partial charge in [-0.15, -0.1) is 11.6 Å². The molecule has 14 nitrogen and oxygen atoms in total. The Morgan fingerprint density at radius 2 is 1.84 bits per heavy atom. The standard InChI is InChI=1S/C45H52ClN7O7S/c1-42(2)9-7-31(36(20-42)44-24-45(46,25-44)26-44)23-51-11-13-52(14-12-51)32-3-5-35(39(16-32)60-33-15-30-8-10-47-40(30)49-22-33)41(54)50-61(57,58)34-4-6-37(38(17-34)53(55)56)48-21-29-18-43(19-29)27-59-28-43/h3-6,8,10,15-17,22,29,48H,7,9,11-14,18-21,23-28H2,1-2H3,(H,47,49)(H,50,54). The number of hydrogen-bond acceptors (Lipinski definition) is 11. The van der Waals surface area contributed by atoms with Crippen molar-refractivity contribution < 1.29 is 27.6 Å². The number of H-pyrrole nitrogens is 1. The number of carbonyl (C=O) groups excluding carboxylic acids is 1. The van der Waals surface area contributed by atoms with Gasteiger partial charge in [0, 0.05) is 79.0 Å². The fraction of sp³-hybridized carbons (Fsp3) is 0.511. The van der Waals surface area contributed by atoms with Crippen molar-refractivity contribution in [2.75, 3.05) is 62.7 Å². The molecule has 1 spiro atoms. The van der Waals surface area contributed by atoms with Crippen LogP contribution in [0.1, 0.15) is 75.6 Å². The Hall–Kier alpha value is -4.70. The molecule has 2 aromatic heterocycles. The number of fused-ring (bicyclic) bond motifs is 1. The van der Waals surface area contributed by atoms with E-state index in [9.17, 15) is 23.3 Å². The summed E-state index contributed by atoms with van der Waals surface area (Å²) in [6.07, 6.45) is 12.1. The monoisotopic (exact) mass is 869 g/mol. The number of nitro groups is 1. The zero-order valence-corrected chi connectivity index (χ0v) is 36.2. The number of hydrogen-bond donors (Lipinski definition) is 3. The second-order valence-electron chi connectivity index (χ2n) is 19.5. The number of alkyl halides is 1. The number of halogens is 1. The number of aromatic amines is 1. The number of aromatic nitrogens is 2. The third-order valence-electron chi connectivity index (χ3n) is 14.3. The fourth-order valence-corrected chi connectivity index (χ4v) is 12.7. The Balaban J connectivity index is 0.852. The molecule has 0 unspecified atom stereocenters. The number of carbonyl (C=O) groups is 1. The van der Waals surface area contributed by atoms with E-state index in [0.29, 0.717) is 34.7 Å². The van der Waals surface area contributed by atoms with Gasteiger partial charge in [-0.3, -0.25) is 19.8 Å². The van der Waals surface area contributed by atoms with Gasteiger partial charge in [0.15, 0.2) is 0 Å². The van der Waals surface area contributed by atoms with Crippen LogP contribution in [-0.2, 0) is 14.8 Å². The molecule has 2 bridgehead atoms. The Kier molecular flexibility index (Phi) is 9.73. The number of ether oxygens (including phenoxy) is 2. The van der Waals surface area contributed by atoms with E-state index < -0.39 is 31.4 Å². The minimum Gasteiger partial charge on any atom is -0.455 e. The lowest BCUT2D eigenvalue weighted by molar-refractivity contribution is -0.384. The van der Waals surface area contributed by atoms with Crippen LogP contribution in [0.4, 0.5) is 17.1 Å². The molecule has 3 N–H and O–H groups in total. The molecule has 6 fully saturated rings. The van der Waals surface area contributed by atoms with Crippen LogP contribution in [0, 0.1) is 32.3 Å². The third-order valence-corrected chi connectivity index (χ3v) is 16.0. The van der Waals surface area contributed by atoms with Crippen molar-refractivity contribution in [3.63, 3.8) is 0 Å². The number of sulfonamides is 1. The van der Waals surface area contributed by atoms with Crippen LogP contribution in [0.15, 0.2) is 77.0 Å². The van der Waals surface area contributed by atoms with Crippen molar-refractivity contribution in [2.45, 2.75) is 75.0 Å². The average molecular weight is 870 g/mol. The Morgan fingerprint density at radius 1 is 1.07 bits per heavy atom. The molecule has 0 radical (unpaired) electrons. The average Bonchev–Trinajstić information content (AvgIpc) is 3.64. The maximum atomic E-state index is 13.9. The summed E-state index contributed by atoms with van der Waals surface area (Å²) < 4.78 is 41.2. The molecule has 5 aliphatic carbocycles. The maximum absolute atomic E-state index is 13.9. The van der Waals surface area contributed by atoms with Crippen LogP contribution in [0.5, 0.6) is 11.5 Å². The van der Waals surface area contributed by atoms with Crippen LogP contribution < -0.4 is 19.7 Å². The van der Waals surface area contributed by atoms with Crippen molar-refractivity contribution in [3.05, 3.63) is 87.7 Å². The molecule has 4 heterocycles. The van der Waals surface area contributed by atoms with E-state index in [1.165, 1.54) is 24.8 Å². The smallest absolute Gasteiger partial charge is 0.293 e. The van der Waals surface area contributed by atoms with Gasteiger partial charge in [-0.05, 0) is 105 Å². The summed E-state index contributed by atoms with van der Waals surface area (Å²) in [5.74, 6) is -0.0660. The molecule has 1 amide bonds. The van der Waals surface area contributed by atoms with Crippen molar-refractivity contribution in [1.82, 2.24) is 19.6 Å². The highest BCUT2D eigenvalue weighted by atomic mass is 35.5. The van der Waals surface area contributed by atoms with Crippen LogP contribution in [0.3, 0.4) is 0 Å². The number of anilines is 2. The Bertz CT molecular complexity index is 2550. The molecule has 0 atom stereocenters. The predicted octanol–water partition coefficient (Wildman–Crippen LogP) is 8.01. The highest BCUT2D eigenvalue weighted by molar-refractivity contribution is 7.90. The van der Waals surface area contributed by atoms with Gasteiger partial charge in [0.2, 0.25) is 0 Å².